The summed E-state index contributed by atoms with van der Waals surface area (Å²) in [6.07, 6.45) is 7.70. The summed E-state index contributed by atoms with van der Waals surface area (Å²) in [7, 11) is 4.81. The molecule has 0 saturated heterocycles. The molecule has 0 aromatic rings. The van der Waals surface area contributed by atoms with Crippen molar-refractivity contribution in [1.29, 1.82) is 0 Å². The lowest BCUT2D eigenvalue weighted by molar-refractivity contribution is -0.117. The maximum atomic E-state index is 11.5. The van der Waals surface area contributed by atoms with Crippen molar-refractivity contribution in [3.8, 4) is 0 Å². The van der Waals surface area contributed by atoms with Gasteiger partial charge in [-0.1, -0.05) is 13.3 Å². The van der Waals surface area contributed by atoms with Crippen LogP contribution in [-0.4, -0.2) is 66.1 Å². The van der Waals surface area contributed by atoms with Gasteiger partial charge >= 0.3 is 17.6 Å². The van der Waals surface area contributed by atoms with Crippen molar-refractivity contribution < 1.29 is 31.4 Å². The Balaban J connectivity index is 5.10. The van der Waals surface area contributed by atoms with E-state index in [4.69, 9.17) is 26.6 Å². The summed E-state index contributed by atoms with van der Waals surface area (Å²) in [5.74, 6) is 0.254. The second-order valence-corrected chi connectivity index (χ2v) is 13.9. The summed E-state index contributed by atoms with van der Waals surface area (Å²) in [4.78, 5) is 11.5. The van der Waals surface area contributed by atoms with E-state index in [2.05, 4.69) is 6.92 Å². The Labute approximate surface area is 180 Å². The Bertz CT molecular complexity index is 398. The number of hydrogen-bond acceptors (Lipinski definition) is 7. The van der Waals surface area contributed by atoms with Crippen molar-refractivity contribution in [2.45, 2.75) is 77.3 Å². The van der Waals surface area contributed by atoms with Crippen molar-refractivity contribution in [2.75, 3.05) is 42.7 Å². The second-order valence-electron chi connectivity index (χ2n) is 7.71. The monoisotopic (exact) mass is 452 g/mol. The van der Waals surface area contributed by atoms with E-state index in [9.17, 15) is 4.79 Å². The van der Waals surface area contributed by atoms with Gasteiger partial charge in [-0.15, -0.1) is 0 Å². The van der Waals surface area contributed by atoms with Gasteiger partial charge in [0.2, 0.25) is 0 Å². The molecule has 0 fully saturated rings. The topological polar surface area (TPSA) is 72.5 Å². The van der Waals surface area contributed by atoms with Crippen LogP contribution >= 0.6 is 0 Å². The molecule has 0 N–H and O–H groups in total. The zero-order valence-corrected chi connectivity index (χ0v) is 21.9. The summed E-state index contributed by atoms with van der Waals surface area (Å²) in [6, 6.07) is 1.58. The number of carbonyl (C=O) groups excluding carboxylic acids is 1. The molecule has 0 unspecified atom stereocenters. The molecule has 0 atom stereocenters. The third-order valence-electron chi connectivity index (χ3n) is 6.23. The van der Waals surface area contributed by atoms with Crippen LogP contribution in [0.25, 0.3) is 0 Å². The number of carbonyl (C=O) groups is 1. The predicted molar refractivity (Wildman–Crippen MR) is 119 cm³/mol. The third-order valence-corrected chi connectivity index (χ3v) is 11.9. The van der Waals surface area contributed by atoms with Gasteiger partial charge in [-0.3, -0.25) is 0 Å². The van der Waals surface area contributed by atoms with Gasteiger partial charge in [-0.05, 0) is 50.9 Å². The molecule has 0 aromatic heterocycles. The van der Waals surface area contributed by atoms with Crippen molar-refractivity contribution in [1.82, 2.24) is 0 Å². The smallest absolute Gasteiger partial charge is 0.377 e. The lowest BCUT2D eigenvalue weighted by Gasteiger charge is -2.35. The standard InChI is InChI=1S/C20H44O7Si2/c1-9-20(14-10-13-19(2)21,15-11-17-28(22-3,23-4)24-5)16-12-18-29(25-6,26-7)27-8/h9-18H2,1-8H3. The molecule has 0 saturated carbocycles. The fourth-order valence-corrected chi connectivity index (χ4v) is 7.53. The van der Waals surface area contributed by atoms with Crippen LogP contribution in [0.5, 0.6) is 0 Å². The first kappa shape index (κ1) is 28.9. The van der Waals surface area contributed by atoms with E-state index >= 15 is 0 Å². The second kappa shape index (κ2) is 14.8. The maximum absolute atomic E-state index is 11.5. The molecule has 0 aromatic carbocycles. The molecule has 0 radical (unpaired) electrons. The molecule has 0 aliphatic rings. The molecule has 0 amide bonds. The van der Waals surface area contributed by atoms with Crippen LogP contribution in [0, 0.1) is 5.41 Å². The van der Waals surface area contributed by atoms with Crippen molar-refractivity contribution in [3.63, 3.8) is 0 Å². The highest BCUT2D eigenvalue weighted by Gasteiger charge is 2.40. The third kappa shape index (κ3) is 9.69. The van der Waals surface area contributed by atoms with Gasteiger partial charge in [-0.25, -0.2) is 0 Å². The summed E-state index contributed by atoms with van der Waals surface area (Å²) >= 11 is 0. The molecule has 174 valence electrons. The summed E-state index contributed by atoms with van der Waals surface area (Å²) in [6.45, 7) is 3.91. The minimum Gasteiger partial charge on any atom is -0.377 e. The quantitative estimate of drug-likeness (QED) is 0.268. The van der Waals surface area contributed by atoms with E-state index in [0.717, 1.165) is 57.0 Å². The van der Waals surface area contributed by atoms with Crippen LogP contribution < -0.4 is 0 Å². The average molecular weight is 453 g/mol. The van der Waals surface area contributed by atoms with E-state index < -0.39 is 17.6 Å². The Morgan fingerprint density at radius 3 is 1.31 bits per heavy atom. The van der Waals surface area contributed by atoms with E-state index in [0.29, 0.717) is 6.42 Å². The Morgan fingerprint density at radius 1 is 0.690 bits per heavy atom. The van der Waals surface area contributed by atoms with E-state index in [1.165, 1.54) is 0 Å². The van der Waals surface area contributed by atoms with Gasteiger partial charge in [0.25, 0.3) is 0 Å². The van der Waals surface area contributed by atoms with Crippen LogP contribution in [0.15, 0.2) is 0 Å². The normalized spacial score (nSPS) is 13.1. The first-order valence-corrected chi connectivity index (χ1v) is 14.4. The molecule has 0 rings (SSSR count). The van der Waals surface area contributed by atoms with Crippen molar-refractivity contribution in [3.05, 3.63) is 0 Å². The number of Topliss-reactive ketones (excluding diaryl/α,β-unsaturated/α-hetero) is 1. The first-order chi connectivity index (χ1) is 13.8. The van der Waals surface area contributed by atoms with E-state index in [-0.39, 0.29) is 11.2 Å². The highest BCUT2D eigenvalue weighted by molar-refractivity contribution is 6.60. The SMILES string of the molecule is CCC(CCCC(C)=O)(CCC[Si](OC)(OC)OC)CCC[Si](OC)(OC)OC. The largest absolute Gasteiger partial charge is 0.500 e. The Hall–Kier alpha value is -0.136. The Kier molecular flexibility index (Phi) is 14.7. The minimum absolute atomic E-state index is 0.167. The van der Waals surface area contributed by atoms with Crippen LogP contribution in [0.2, 0.25) is 12.1 Å². The summed E-state index contributed by atoms with van der Waals surface area (Å²) < 4.78 is 33.4. The summed E-state index contributed by atoms with van der Waals surface area (Å²) in [5.41, 5.74) is 0.167. The molecule has 9 heteroatoms. The molecule has 0 bridgehead atoms. The highest BCUT2D eigenvalue weighted by Crippen LogP contribution is 2.41. The number of ketones is 1. The number of rotatable bonds is 19. The molecule has 0 heterocycles. The van der Waals surface area contributed by atoms with E-state index in [1.54, 1.807) is 49.6 Å². The minimum atomic E-state index is -2.56. The van der Waals surface area contributed by atoms with Crippen molar-refractivity contribution >= 4 is 23.4 Å². The first-order valence-electron chi connectivity index (χ1n) is 10.6. The van der Waals surface area contributed by atoms with Crippen LogP contribution in [0.3, 0.4) is 0 Å². The maximum Gasteiger partial charge on any atom is 0.500 e. The molecule has 0 aliphatic carbocycles. The van der Waals surface area contributed by atoms with Gasteiger partial charge in [0, 0.05) is 61.2 Å². The lowest BCUT2D eigenvalue weighted by atomic mass is 9.73. The van der Waals surface area contributed by atoms with Gasteiger partial charge in [0.15, 0.2) is 0 Å². The van der Waals surface area contributed by atoms with E-state index in [1.807, 2.05) is 0 Å². The molecule has 0 spiro atoms. The van der Waals surface area contributed by atoms with Crippen LogP contribution in [-0.2, 0) is 31.4 Å². The molecule has 0 aliphatic heterocycles. The summed E-state index contributed by atoms with van der Waals surface area (Å²) in [5, 5.41) is 0. The molecule has 29 heavy (non-hydrogen) atoms. The zero-order valence-electron chi connectivity index (χ0n) is 19.9. The zero-order chi connectivity index (χ0) is 22.4. The Morgan fingerprint density at radius 2 is 1.03 bits per heavy atom. The fourth-order valence-electron chi connectivity index (χ4n) is 4.09. The molecule has 7 nitrogen and oxygen atoms in total. The van der Waals surface area contributed by atoms with Gasteiger partial charge in [0.05, 0.1) is 0 Å². The van der Waals surface area contributed by atoms with Gasteiger partial charge < -0.3 is 31.4 Å². The van der Waals surface area contributed by atoms with Gasteiger partial charge in [0.1, 0.15) is 5.78 Å². The number of hydrogen-bond donors (Lipinski definition) is 0. The van der Waals surface area contributed by atoms with Crippen LogP contribution in [0.1, 0.15) is 65.2 Å². The van der Waals surface area contributed by atoms with Crippen molar-refractivity contribution in [2.24, 2.45) is 5.41 Å². The van der Waals surface area contributed by atoms with Crippen LogP contribution in [0.4, 0.5) is 0 Å². The average Bonchev–Trinajstić information content (AvgIpc) is 2.74. The predicted octanol–water partition coefficient (Wildman–Crippen LogP) is 4.46. The molecular weight excluding hydrogens is 408 g/mol. The molecular formula is C20H44O7Si2. The fraction of sp³-hybridized carbons (Fsp3) is 0.950. The lowest BCUT2D eigenvalue weighted by Crippen LogP contribution is -2.43. The van der Waals surface area contributed by atoms with Gasteiger partial charge in [-0.2, -0.15) is 0 Å². The highest BCUT2D eigenvalue weighted by atomic mass is 28.4.